The second kappa shape index (κ2) is 19.9. The van der Waals surface area contributed by atoms with Crippen LogP contribution in [0.2, 0.25) is 0 Å². The molecule has 19 heteroatoms. The largest absolute Gasteiger partial charge is 0.481 e. The minimum absolute atomic E-state index is 0.0135. The highest BCUT2D eigenvalue weighted by Gasteiger charge is 2.34. The first-order chi connectivity index (χ1) is 22.8. The molecule has 0 saturated carbocycles. The van der Waals surface area contributed by atoms with Gasteiger partial charge in [-0.05, 0) is 37.7 Å². The predicted octanol–water partition coefficient (Wildman–Crippen LogP) is -4.37. The molecule has 0 unspecified atom stereocenters. The Labute approximate surface area is 276 Å². The molecule has 0 aromatic heterocycles. The van der Waals surface area contributed by atoms with E-state index in [9.17, 15) is 39.0 Å². The fourth-order valence-electron chi connectivity index (χ4n) is 4.70. The zero-order chi connectivity index (χ0) is 35.6. The van der Waals surface area contributed by atoms with Crippen molar-refractivity contribution < 1.29 is 39.0 Å². The van der Waals surface area contributed by atoms with Crippen molar-refractivity contribution in [3.05, 3.63) is 35.9 Å². The van der Waals surface area contributed by atoms with Crippen LogP contribution < -0.4 is 49.5 Å². The molecule has 0 aliphatic carbocycles. The number of hydrogen-bond acceptors (Lipinski definition) is 9. The molecule has 48 heavy (non-hydrogen) atoms. The maximum Gasteiger partial charge on any atom is 0.303 e. The summed E-state index contributed by atoms with van der Waals surface area (Å²) >= 11 is 0. The molecule has 1 aliphatic rings. The molecule has 1 aromatic rings. The first kappa shape index (κ1) is 38.7. The molecule has 15 N–H and O–H groups in total. The average Bonchev–Trinajstić information content (AvgIpc) is 3.03. The van der Waals surface area contributed by atoms with Gasteiger partial charge in [-0.3, -0.25) is 38.8 Å². The van der Waals surface area contributed by atoms with Gasteiger partial charge in [-0.2, -0.15) is 0 Å². The van der Waals surface area contributed by atoms with E-state index in [1.807, 2.05) is 0 Å². The van der Waals surface area contributed by atoms with Crippen molar-refractivity contribution in [2.75, 3.05) is 19.7 Å². The normalized spacial score (nSPS) is 22.4. The summed E-state index contributed by atoms with van der Waals surface area (Å²) in [7, 11) is 0. The minimum atomic E-state index is -1.54. The van der Waals surface area contributed by atoms with E-state index in [2.05, 4.69) is 36.6 Å². The van der Waals surface area contributed by atoms with Gasteiger partial charge < -0.3 is 59.7 Å². The van der Waals surface area contributed by atoms with Gasteiger partial charge in [-0.25, -0.2) is 0 Å². The van der Waals surface area contributed by atoms with Gasteiger partial charge in [0.15, 0.2) is 11.9 Å². The van der Waals surface area contributed by atoms with E-state index < -0.39 is 78.7 Å². The third kappa shape index (κ3) is 13.9. The number of nitrogens with one attached hydrogen (secondary N) is 5. The lowest BCUT2D eigenvalue weighted by Crippen LogP contribution is -2.59. The zero-order valence-electron chi connectivity index (χ0n) is 26.4. The molecule has 0 bridgehead atoms. The number of nitrogens with zero attached hydrogens (tertiary/aromatic N) is 2. The molecular formula is C29H45N11O8. The number of aliphatic carboxylic acids is 1. The van der Waals surface area contributed by atoms with Crippen LogP contribution in [0.1, 0.15) is 44.1 Å². The van der Waals surface area contributed by atoms with E-state index >= 15 is 0 Å². The van der Waals surface area contributed by atoms with Gasteiger partial charge >= 0.3 is 5.97 Å². The number of aliphatic hydroxyl groups is 1. The van der Waals surface area contributed by atoms with E-state index in [1.54, 1.807) is 30.3 Å². The summed E-state index contributed by atoms with van der Waals surface area (Å²) < 4.78 is 0. The van der Waals surface area contributed by atoms with Crippen LogP contribution in [0.3, 0.4) is 0 Å². The quantitative estimate of drug-likeness (QED) is 0.0506. The monoisotopic (exact) mass is 675 g/mol. The standard InChI is InChI=1S/C29H45N11O8/c30-28(31)34-12-4-8-17-23(44)38-19(10-11-22(42)43)25(46)36-18(9-5-13-35-29(32)33)24(45)40-21(15-41)27(48)39-20(26(47)37-17)14-16-6-2-1-3-7-16/h1-3,6-7,17-21,41H,4-5,8-15H2,(H,36,46)(H,37,47)(H,38,44)(H,39,48)(H,40,45)(H,42,43)(H4,30,31,34)(H4,32,33,35)/t17-,18-,19-,20-,21-/m0/s1. The fourth-order valence-corrected chi connectivity index (χ4v) is 4.70. The second-order valence-electron chi connectivity index (χ2n) is 11.0. The highest BCUT2D eigenvalue weighted by molar-refractivity contribution is 5.98. The molecule has 1 aromatic carbocycles. The Balaban J connectivity index is 2.54. The van der Waals surface area contributed by atoms with Crippen molar-refractivity contribution >= 4 is 47.4 Å². The first-order valence-corrected chi connectivity index (χ1v) is 15.3. The Morgan fingerprint density at radius 2 is 1.02 bits per heavy atom. The number of aliphatic hydroxyl groups excluding tert-OH is 1. The predicted molar refractivity (Wildman–Crippen MR) is 174 cm³/mol. The number of aliphatic imine (C=N–C) groups is 2. The number of rotatable bonds is 14. The molecule has 5 amide bonds. The summed E-state index contributed by atoms with van der Waals surface area (Å²) in [5.74, 6) is -5.93. The van der Waals surface area contributed by atoms with Gasteiger partial charge in [0.2, 0.25) is 29.5 Å². The van der Waals surface area contributed by atoms with Gasteiger partial charge in [-0.1, -0.05) is 30.3 Å². The molecule has 1 saturated heterocycles. The molecule has 264 valence electrons. The number of carbonyl (C=O) groups excluding carboxylic acids is 5. The van der Waals surface area contributed by atoms with Crippen LogP contribution in [0.25, 0.3) is 0 Å². The van der Waals surface area contributed by atoms with Crippen LogP contribution in [0.15, 0.2) is 40.3 Å². The molecular weight excluding hydrogens is 630 g/mol. The number of hydrogen-bond donors (Lipinski definition) is 11. The summed E-state index contributed by atoms with van der Waals surface area (Å²) in [6, 6.07) is 1.79. The van der Waals surface area contributed by atoms with E-state index in [1.165, 1.54) is 0 Å². The zero-order valence-corrected chi connectivity index (χ0v) is 26.4. The third-order valence-corrected chi connectivity index (χ3v) is 7.17. The fraction of sp³-hybridized carbons (Fsp3) is 0.517. The Hall–Kier alpha value is -5.46. The molecule has 1 aliphatic heterocycles. The Morgan fingerprint density at radius 1 is 0.625 bits per heavy atom. The topological polar surface area (TPSA) is 332 Å². The Bertz CT molecular complexity index is 1330. The van der Waals surface area contributed by atoms with Crippen molar-refractivity contribution in [3.63, 3.8) is 0 Å². The molecule has 19 nitrogen and oxygen atoms in total. The van der Waals surface area contributed by atoms with Gasteiger partial charge in [-0.15, -0.1) is 0 Å². The van der Waals surface area contributed by atoms with Gasteiger partial charge in [0.1, 0.15) is 30.2 Å². The summed E-state index contributed by atoms with van der Waals surface area (Å²) in [6.07, 6.45) is -0.570. The van der Waals surface area contributed by atoms with E-state index in [0.717, 1.165) is 0 Å². The molecule has 5 atom stereocenters. The van der Waals surface area contributed by atoms with Crippen molar-refractivity contribution in [3.8, 4) is 0 Å². The lowest BCUT2D eigenvalue weighted by molar-refractivity contribution is -0.138. The van der Waals surface area contributed by atoms with Crippen LogP contribution in [0.4, 0.5) is 0 Å². The number of carboxylic acids is 1. The van der Waals surface area contributed by atoms with Gasteiger partial charge in [0.25, 0.3) is 0 Å². The molecule has 1 fully saturated rings. The lowest BCUT2D eigenvalue weighted by atomic mass is 10.0. The lowest BCUT2D eigenvalue weighted by Gasteiger charge is -2.26. The van der Waals surface area contributed by atoms with Crippen LogP contribution in [0, 0.1) is 0 Å². The number of guanidine groups is 2. The maximum atomic E-state index is 13.7. The van der Waals surface area contributed by atoms with Crippen LogP contribution >= 0.6 is 0 Å². The van der Waals surface area contributed by atoms with Crippen LogP contribution in [-0.2, 0) is 35.2 Å². The number of amides is 5. The maximum absolute atomic E-state index is 13.7. The van der Waals surface area contributed by atoms with Crippen LogP contribution in [0.5, 0.6) is 0 Å². The second-order valence-corrected chi connectivity index (χ2v) is 11.0. The highest BCUT2D eigenvalue weighted by atomic mass is 16.4. The summed E-state index contributed by atoms with van der Waals surface area (Å²) in [5, 5.41) is 31.9. The minimum Gasteiger partial charge on any atom is -0.481 e. The third-order valence-electron chi connectivity index (χ3n) is 7.17. The summed E-state index contributed by atoms with van der Waals surface area (Å²) in [6.45, 7) is -0.676. The number of carboxylic acid groups (broad SMARTS) is 1. The van der Waals surface area contributed by atoms with Crippen molar-refractivity contribution in [2.45, 2.75) is 75.2 Å². The molecule has 2 rings (SSSR count). The molecule has 0 spiro atoms. The molecule has 1 heterocycles. The van der Waals surface area contributed by atoms with Gasteiger partial charge in [0, 0.05) is 25.9 Å². The summed E-state index contributed by atoms with van der Waals surface area (Å²) in [4.78, 5) is 86.5. The molecule has 0 radical (unpaired) electrons. The number of nitrogens with two attached hydrogens (primary N) is 4. The first-order valence-electron chi connectivity index (χ1n) is 15.3. The number of carbonyl (C=O) groups is 6. The number of benzene rings is 1. The van der Waals surface area contributed by atoms with Crippen molar-refractivity contribution in [1.82, 2.24) is 26.6 Å². The SMILES string of the molecule is NC(N)=NCCC[C@@H]1NC(=O)[C@H](CCC(=O)O)NC(=O)[C@H](CCCN=C(N)N)NC(=O)[C@H](Cc2ccccc2)NC(=O)[C@H](CO)NC1=O. The highest BCUT2D eigenvalue weighted by Crippen LogP contribution is 2.09. The van der Waals surface area contributed by atoms with Crippen molar-refractivity contribution in [2.24, 2.45) is 32.9 Å². The van der Waals surface area contributed by atoms with Crippen molar-refractivity contribution in [1.29, 1.82) is 0 Å². The van der Waals surface area contributed by atoms with E-state index in [-0.39, 0.29) is 63.5 Å². The van der Waals surface area contributed by atoms with Crippen LogP contribution in [-0.4, -0.2) is 108 Å². The van der Waals surface area contributed by atoms with E-state index in [4.69, 9.17) is 22.9 Å². The average molecular weight is 676 g/mol. The smallest absolute Gasteiger partial charge is 0.303 e. The van der Waals surface area contributed by atoms with Gasteiger partial charge in [0.05, 0.1) is 6.61 Å². The summed E-state index contributed by atoms with van der Waals surface area (Å²) in [5.41, 5.74) is 22.2. The van der Waals surface area contributed by atoms with E-state index in [0.29, 0.717) is 5.56 Å². The Kier molecular flexibility index (Phi) is 16.1. The Morgan fingerprint density at radius 3 is 1.46 bits per heavy atom.